The maximum Gasteiger partial charge on any atom is 0.408 e. The van der Waals surface area contributed by atoms with Crippen LogP contribution in [0.15, 0.2) is 48.9 Å². The van der Waals surface area contributed by atoms with Crippen molar-refractivity contribution in [2.75, 3.05) is 11.9 Å². The van der Waals surface area contributed by atoms with E-state index in [9.17, 15) is 9.90 Å². The van der Waals surface area contributed by atoms with Gasteiger partial charge >= 0.3 is 6.09 Å². The number of nitrogens with one attached hydrogen (secondary N) is 2. The lowest BCUT2D eigenvalue weighted by Crippen LogP contribution is -2.32. The van der Waals surface area contributed by atoms with Crippen LogP contribution in [0.3, 0.4) is 0 Å². The number of aliphatic hydroxyl groups excluding tert-OH is 1. The van der Waals surface area contributed by atoms with Crippen LogP contribution in [0.4, 0.5) is 16.4 Å². The first-order chi connectivity index (χ1) is 15.3. The Morgan fingerprint density at radius 3 is 2.78 bits per heavy atom. The summed E-state index contributed by atoms with van der Waals surface area (Å²) in [6.45, 7) is 5.46. The average Bonchev–Trinajstić information content (AvgIpc) is 2.76. The summed E-state index contributed by atoms with van der Waals surface area (Å²) in [6.07, 6.45) is 2.50. The molecule has 2 aromatic heterocycles. The predicted octanol–water partition coefficient (Wildman–Crippen LogP) is 3.05. The van der Waals surface area contributed by atoms with E-state index in [0.717, 1.165) is 16.8 Å². The molecule has 164 valence electrons. The Balaban J connectivity index is 1.67. The van der Waals surface area contributed by atoms with Crippen molar-refractivity contribution < 1.29 is 14.6 Å². The van der Waals surface area contributed by atoms with Gasteiger partial charge < -0.3 is 20.5 Å². The lowest BCUT2D eigenvalue weighted by atomic mass is 10.2. The molecule has 32 heavy (non-hydrogen) atoms. The van der Waals surface area contributed by atoms with E-state index in [0.29, 0.717) is 17.5 Å². The molecule has 0 spiro atoms. The van der Waals surface area contributed by atoms with Gasteiger partial charge in [0.1, 0.15) is 17.6 Å². The highest BCUT2D eigenvalue weighted by Gasteiger charge is 2.15. The molecule has 0 saturated heterocycles. The molecule has 0 aliphatic rings. The maximum atomic E-state index is 11.7. The fraction of sp³-hybridized carbons (Fsp3) is 0.261. The van der Waals surface area contributed by atoms with Crippen LogP contribution in [0.2, 0.25) is 0 Å². The third-order valence-electron chi connectivity index (χ3n) is 3.89. The Hall–Kier alpha value is -4.03. The number of aliphatic hydroxyl groups is 1. The molecule has 0 saturated carbocycles. The average molecular weight is 432 g/mol. The van der Waals surface area contributed by atoms with Crippen LogP contribution in [-0.2, 0) is 11.3 Å². The number of amides is 1. The lowest BCUT2D eigenvalue weighted by molar-refractivity contribution is 0.0535. The molecular weight excluding hydrogens is 408 g/mol. The number of pyridine rings is 1. The van der Waals surface area contributed by atoms with Crippen LogP contribution >= 0.6 is 0 Å². The van der Waals surface area contributed by atoms with E-state index in [1.165, 1.54) is 6.33 Å². The van der Waals surface area contributed by atoms with Gasteiger partial charge in [-0.05, 0) is 56.5 Å². The van der Waals surface area contributed by atoms with Gasteiger partial charge in [-0.25, -0.2) is 19.7 Å². The fourth-order valence-electron chi connectivity index (χ4n) is 2.58. The first-order valence-electron chi connectivity index (χ1n) is 9.90. The maximum absolute atomic E-state index is 11.7. The van der Waals surface area contributed by atoms with Crippen molar-refractivity contribution in [1.82, 2.24) is 25.3 Å². The van der Waals surface area contributed by atoms with Crippen LogP contribution in [-0.4, -0.2) is 43.3 Å². The van der Waals surface area contributed by atoms with Crippen molar-refractivity contribution in [3.63, 3.8) is 0 Å². The van der Waals surface area contributed by atoms with E-state index >= 15 is 0 Å². The number of hydrogen-bond donors (Lipinski definition) is 3. The Morgan fingerprint density at radius 1 is 1.16 bits per heavy atom. The SMILES string of the molecule is CC(C)(C)OC(=O)NCC#Cc1cc(-c2ncnc(Nc3cccc(CO)c3)n2)ccn1. The van der Waals surface area contributed by atoms with E-state index in [4.69, 9.17) is 4.74 Å². The number of carbonyl (C=O) groups is 1. The molecule has 9 nitrogen and oxygen atoms in total. The molecule has 2 heterocycles. The van der Waals surface area contributed by atoms with Gasteiger partial charge in [-0.3, -0.25) is 0 Å². The van der Waals surface area contributed by atoms with Crippen molar-refractivity contribution in [2.45, 2.75) is 33.0 Å². The van der Waals surface area contributed by atoms with Crippen LogP contribution in [0.5, 0.6) is 0 Å². The number of rotatable bonds is 5. The molecule has 0 atom stereocenters. The Labute approximate surface area is 186 Å². The van der Waals surface area contributed by atoms with E-state index in [1.54, 1.807) is 39.1 Å². The highest BCUT2D eigenvalue weighted by molar-refractivity contribution is 5.68. The Kier molecular flexibility index (Phi) is 7.31. The molecule has 0 radical (unpaired) electrons. The lowest BCUT2D eigenvalue weighted by Gasteiger charge is -2.18. The van der Waals surface area contributed by atoms with Crippen LogP contribution in [0.1, 0.15) is 32.0 Å². The zero-order valence-electron chi connectivity index (χ0n) is 18.1. The van der Waals surface area contributed by atoms with Gasteiger partial charge in [-0.1, -0.05) is 18.1 Å². The van der Waals surface area contributed by atoms with E-state index in [2.05, 4.69) is 42.4 Å². The third kappa shape index (κ3) is 7.04. The summed E-state index contributed by atoms with van der Waals surface area (Å²) in [4.78, 5) is 28.7. The minimum absolute atomic E-state index is 0.0495. The zero-order chi connectivity index (χ0) is 23.0. The summed E-state index contributed by atoms with van der Waals surface area (Å²) in [7, 11) is 0. The summed E-state index contributed by atoms with van der Waals surface area (Å²) in [6, 6.07) is 10.9. The predicted molar refractivity (Wildman–Crippen MR) is 120 cm³/mol. The monoisotopic (exact) mass is 432 g/mol. The van der Waals surface area contributed by atoms with Crippen molar-refractivity contribution in [2.24, 2.45) is 0 Å². The Bertz CT molecular complexity index is 1150. The quantitative estimate of drug-likeness (QED) is 0.526. The van der Waals surface area contributed by atoms with Crippen LogP contribution < -0.4 is 10.6 Å². The molecule has 0 fully saturated rings. The minimum Gasteiger partial charge on any atom is -0.444 e. The first kappa shape index (κ1) is 22.7. The van der Waals surface area contributed by atoms with Gasteiger partial charge in [0, 0.05) is 17.4 Å². The highest BCUT2D eigenvalue weighted by Crippen LogP contribution is 2.18. The number of nitrogens with zero attached hydrogens (tertiary/aromatic N) is 4. The summed E-state index contributed by atoms with van der Waals surface area (Å²) >= 11 is 0. The number of anilines is 2. The number of aromatic nitrogens is 4. The normalized spacial score (nSPS) is 10.6. The molecule has 3 rings (SSSR count). The molecule has 1 amide bonds. The second-order valence-electron chi connectivity index (χ2n) is 7.70. The van der Waals surface area contributed by atoms with E-state index in [1.807, 2.05) is 24.3 Å². The topological polar surface area (TPSA) is 122 Å². The molecular formula is C23H24N6O3. The second-order valence-corrected chi connectivity index (χ2v) is 7.70. The standard InChI is InChI=1S/C23H24N6O3/c1-23(2,3)32-22(31)25-10-5-8-18-13-17(9-11-24-18)20-26-15-27-21(29-20)28-19-7-4-6-16(12-19)14-30/h4,6-7,9,11-13,15,30H,10,14H2,1-3H3,(H,25,31)(H,26,27,28,29). The first-order valence-corrected chi connectivity index (χ1v) is 9.90. The molecule has 9 heteroatoms. The van der Waals surface area contributed by atoms with Crippen molar-refractivity contribution in [3.8, 4) is 23.2 Å². The fourth-order valence-corrected chi connectivity index (χ4v) is 2.58. The summed E-state index contributed by atoms with van der Waals surface area (Å²) in [5.74, 6) is 6.57. The van der Waals surface area contributed by atoms with E-state index in [-0.39, 0.29) is 13.2 Å². The summed E-state index contributed by atoms with van der Waals surface area (Å²) in [5.41, 5.74) is 2.21. The molecule has 3 aromatic rings. The number of ether oxygens (including phenoxy) is 1. The molecule has 0 unspecified atom stereocenters. The van der Waals surface area contributed by atoms with Gasteiger partial charge in [-0.15, -0.1) is 0 Å². The van der Waals surface area contributed by atoms with Crippen LogP contribution in [0.25, 0.3) is 11.4 Å². The van der Waals surface area contributed by atoms with Gasteiger partial charge in [0.15, 0.2) is 5.82 Å². The van der Waals surface area contributed by atoms with Gasteiger partial charge in [0.05, 0.1) is 13.2 Å². The van der Waals surface area contributed by atoms with Gasteiger partial charge in [-0.2, -0.15) is 4.98 Å². The zero-order valence-corrected chi connectivity index (χ0v) is 18.1. The molecule has 0 aliphatic carbocycles. The van der Waals surface area contributed by atoms with Crippen LogP contribution in [0, 0.1) is 11.8 Å². The largest absolute Gasteiger partial charge is 0.444 e. The number of hydrogen-bond acceptors (Lipinski definition) is 8. The number of carbonyl (C=O) groups excluding carboxylic acids is 1. The van der Waals surface area contributed by atoms with Crippen molar-refractivity contribution >= 4 is 17.7 Å². The Morgan fingerprint density at radius 2 is 2.00 bits per heavy atom. The number of benzene rings is 1. The summed E-state index contributed by atoms with van der Waals surface area (Å²) < 4.78 is 5.16. The van der Waals surface area contributed by atoms with E-state index < -0.39 is 11.7 Å². The molecule has 1 aromatic carbocycles. The molecule has 3 N–H and O–H groups in total. The smallest absolute Gasteiger partial charge is 0.408 e. The number of alkyl carbamates (subject to hydrolysis) is 1. The molecule has 0 bridgehead atoms. The molecule has 0 aliphatic heterocycles. The minimum atomic E-state index is -0.562. The van der Waals surface area contributed by atoms with Gasteiger partial charge in [0.2, 0.25) is 5.95 Å². The van der Waals surface area contributed by atoms with Crippen molar-refractivity contribution in [3.05, 3.63) is 60.2 Å². The van der Waals surface area contributed by atoms with Crippen molar-refractivity contribution in [1.29, 1.82) is 0 Å². The summed E-state index contributed by atoms with van der Waals surface area (Å²) in [5, 5.41) is 15.0. The van der Waals surface area contributed by atoms with Gasteiger partial charge in [0.25, 0.3) is 0 Å². The highest BCUT2D eigenvalue weighted by atomic mass is 16.6. The second kappa shape index (κ2) is 10.3. The third-order valence-corrected chi connectivity index (χ3v) is 3.89.